The molecule has 0 aliphatic heterocycles. The number of carbonyl (C=O) groups excluding carboxylic acids is 3. The number of allylic oxidation sites excluding steroid dienone is 1. The first-order chi connectivity index (χ1) is 9.29. The summed E-state index contributed by atoms with van der Waals surface area (Å²) in [5, 5.41) is 19.1. The molecule has 0 saturated heterocycles. The number of aliphatic hydroxyl groups excluding tert-OH is 1. The predicted octanol–water partition coefficient (Wildman–Crippen LogP) is -1.13. The SMILES string of the molecule is CCOC(=O)C(O)CCNC(=O)C(=N)/C=C(\N)C(C)=O. The van der Waals surface area contributed by atoms with Gasteiger partial charge >= 0.3 is 5.97 Å². The van der Waals surface area contributed by atoms with Crippen LogP contribution in [0.4, 0.5) is 0 Å². The highest BCUT2D eigenvalue weighted by Gasteiger charge is 2.16. The molecule has 0 radical (unpaired) electrons. The van der Waals surface area contributed by atoms with Gasteiger partial charge in [-0.3, -0.25) is 15.0 Å². The summed E-state index contributed by atoms with van der Waals surface area (Å²) in [4.78, 5) is 33.4. The van der Waals surface area contributed by atoms with Crippen molar-refractivity contribution in [3.8, 4) is 0 Å². The number of rotatable bonds is 8. The smallest absolute Gasteiger partial charge is 0.335 e. The summed E-state index contributed by atoms with van der Waals surface area (Å²) in [7, 11) is 0. The molecule has 112 valence electrons. The first-order valence-corrected chi connectivity index (χ1v) is 5.99. The summed E-state index contributed by atoms with van der Waals surface area (Å²) in [6.45, 7) is 2.96. The minimum atomic E-state index is -1.33. The van der Waals surface area contributed by atoms with Gasteiger partial charge in [-0.15, -0.1) is 0 Å². The van der Waals surface area contributed by atoms with E-state index in [2.05, 4.69) is 10.1 Å². The van der Waals surface area contributed by atoms with Crippen LogP contribution in [-0.4, -0.2) is 47.7 Å². The van der Waals surface area contributed by atoms with E-state index in [9.17, 15) is 19.5 Å². The Kier molecular flexibility index (Phi) is 7.83. The van der Waals surface area contributed by atoms with Gasteiger partial charge in [0.1, 0.15) is 5.71 Å². The molecule has 0 heterocycles. The molecule has 0 aliphatic carbocycles. The molecule has 5 N–H and O–H groups in total. The van der Waals surface area contributed by atoms with E-state index in [4.69, 9.17) is 11.1 Å². The second-order valence-corrected chi connectivity index (χ2v) is 3.88. The lowest BCUT2D eigenvalue weighted by Gasteiger charge is -2.10. The van der Waals surface area contributed by atoms with Crippen molar-refractivity contribution < 1.29 is 24.2 Å². The van der Waals surface area contributed by atoms with Crippen LogP contribution in [0.2, 0.25) is 0 Å². The average molecular weight is 285 g/mol. The van der Waals surface area contributed by atoms with Gasteiger partial charge in [-0.2, -0.15) is 0 Å². The molecule has 1 atom stereocenters. The van der Waals surface area contributed by atoms with E-state index in [1.807, 2.05) is 0 Å². The van der Waals surface area contributed by atoms with Crippen molar-refractivity contribution in [1.29, 1.82) is 5.41 Å². The number of hydrogen-bond donors (Lipinski definition) is 4. The molecule has 0 spiro atoms. The van der Waals surface area contributed by atoms with Crippen LogP contribution < -0.4 is 11.1 Å². The molecule has 20 heavy (non-hydrogen) atoms. The van der Waals surface area contributed by atoms with E-state index in [0.29, 0.717) is 0 Å². The Morgan fingerprint density at radius 2 is 2.05 bits per heavy atom. The van der Waals surface area contributed by atoms with Crippen LogP contribution in [0, 0.1) is 5.41 Å². The summed E-state index contributed by atoms with van der Waals surface area (Å²) in [6.07, 6.45) is -0.425. The molecule has 0 aromatic carbocycles. The zero-order valence-electron chi connectivity index (χ0n) is 11.4. The Hall–Kier alpha value is -2.22. The van der Waals surface area contributed by atoms with Gasteiger partial charge < -0.3 is 20.9 Å². The molecule has 0 fully saturated rings. The number of Topliss-reactive ketones (excluding diaryl/α,β-unsaturated/α-hetero) is 1. The number of amides is 1. The fourth-order valence-electron chi connectivity index (χ4n) is 1.10. The van der Waals surface area contributed by atoms with Crippen LogP contribution in [0.1, 0.15) is 20.3 Å². The van der Waals surface area contributed by atoms with Crippen molar-refractivity contribution in [2.45, 2.75) is 26.4 Å². The highest BCUT2D eigenvalue weighted by atomic mass is 16.5. The topological polar surface area (TPSA) is 143 Å². The maximum Gasteiger partial charge on any atom is 0.335 e. The Morgan fingerprint density at radius 1 is 1.45 bits per heavy atom. The number of hydrogen-bond acceptors (Lipinski definition) is 7. The van der Waals surface area contributed by atoms with Crippen LogP contribution in [-0.2, 0) is 19.1 Å². The maximum atomic E-state index is 11.4. The van der Waals surface area contributed by atoms with Crippen molar-refractivity contribution in [3.05, 3.63) is 11.8 Å². The van der Waals surface area contributed by atoms with Crippen LogP contribution in [0.15, 0.2) is 11.8 Å². The molecule has 8 nitrogen and oxygen atoms in total. The second-order valence-electron chi connectivity index (χ2n) is 3.88. The van der Waals surface area contributed by atoms with Gasteiger partial charge in [0.25, 0.3) is 5.91 Å². The monoisotopic (exact) mass is 285 g/mol. The zero-order chi connectivity index (χ0) is 15.7. The summed E-state index contributed by atoms with van der Waals surface area (Å²) in [5.41, 5.74) is 4.61. The molecular weight excluding hydrogens is 266 g/mol. The minimum Gasteiger partial charge on any atom is -0.464 e. The maximum absolute atomic E-state index is 11.4. The number of ether oxygens (including phenoxy) is 1. The summed E-state index contributed by atoms with van der Waals surface area (Å²) < 4.78 is 4.58. The molecular formula is C12H19N3O5. The van der Waals surface area contributed by atoms with Crippen molar-refractivity contribution in [2.75, 3.05) is 13.2 Å². The van der Waals surface area contributed by atoms with Crippen LogP contribution in [0.25, 0.3) is 0 Å². The molecule has 0 rings (SSSR count). The zero-order valence-corrected chi connectivity index (χ0v) is 11.4. The average Bonchev–Trinajstić information content (AvgIpc) is 2.38. The highest BCUT2D eigenvalue weighted by molar-refractivity contribution is 6.42. The lowest BCUT2D eigenvalue weighted by atomic mass is 10.2. The minimum absolute atomic E-state index is 0.0188. The number of ketones is 1. The fraction of sp³-hybridized carbons (Fsp3) is 0.500. The normalized spacial score (nSPS) is 12.4. The van der Waals surface area contributed by atoms with Crippen molar-refractivity contribution in [2.24, 2.45) is 5.73 Å². The highest BCUT2D eigenvalue weighted by Crippen LogP contribution is 1.94. The van der Waals surface area contributed by atoms with Crippen molar-refractivity contribution in [1.82, 2.24) is 5.32 Å². The van der Waals surface area contributed by atoms with Crippen molar-refractivity contribution in [3.63, 3.8) is 0 Å². The summed E-state index contributed by atoms with van der Waals surface area (Å²) >= 11 is 0. The van der Waals surface area contributed by atoms with E-state index in [1.165, 1.54) is 6.92 Å². The summed E-state index contributed by atoms with van der Waals surface area (Å²) in [6, 6.07) is 0. The van der Waals surface area contributed by atoms with Crippen LogP contribution >= 0.6 is 0 Å². The first kappa shape index (κ1) is 17.8. The van der Waals surface area contributed by atoms with E-state index in [1.54, 1.807) is 6.92 Å². The molecule has 0 saturated carbocycles. The molecule has 1 amide bonds. The van der Waals surface area contributed by atoms with E-state index < -0.39 is 29.5 Å². The van der Waals surface area contributed by atoms with Gasteiger partial charge in [0.05, 0.1) is 12.3 Å². The van der Waals surface area contributed by atoms with E-state index in [0.717, 1.165) is 6.08 Å². The van der Waals surface area contributed by atoms with Crippen LogP contribution in [0.3, 0.4) is 0 Å². The Morgan fingerprint density at radius 3 is 2.55 bits per heavy atom. The standard InChI is InChI=1S/C12H19N3O5/c1-3-20-12(19)10(17)4-5-15-11(18)9(14)6-8(13)7(2)16/h6,10,14,17H,3-5,13H2,1-2H3,(H,15,18)/b8-6-,14-9?. The summed E-state index contributed by atoms with van der Waals surface area (Å²) in [5.74, 6) is -1.97. The molecule has 0 bridgehead atoms. The third-order valence-electron chi connectivity index (χ3n) is 2.21. The van der Waals surface area contributed by atoms with E-state index >= 15 is 0 Å². The Bertz CT molecular complexity index is 431. The van der Waals surface area contributed by atoms with Gasteiger partial charge in [0.2, 0.25) is 0 Å². The van der Waals surface area contributed by atoms with Gasteiger partial charge in [-0.25, -0.2) is 4.79 Å². The van der Waals surface area contributed by atoms with Crippen LogP contribution in [0.5, 0.6) is 0 Å². The number of carbonyl (C=O) groups is 3. The second kappa shape index (κ2) is 8.81. The number of esters is 1. The molecule has 1 unspecified atom stereocenters. The van der Waals surface area contributed by atoms with Crippen molar-refractivity contribution >= 4 is 23.4 Å². The first-order valence-electron chi connectivity index (χ1n) is 5.99. The third-order valence-corrected chi connectivity index (χ3v) is 2.21. The molecule has 0 aromatic rings. The predicted molar refractivity (Wildman–Crippen MR) is 70.9 cm³/mol. The van der Waals surface area contributed by atoms with E-state index in [-0.39, 0.29) is 25.3 Å². The number of aliphatic hydroxyl groups is 1. The molecule has 0 aromatic heterocycles. The van der Waals surface area contributed by atoms with Gasteiger partial charge in [-0.05, 0) is 13.0 Å². The Labute approximate surface area is 116 Å². The lowest BCUT2D eigenvalue weighted by molar-refractivity contribution is -0.153. The molecule has 0 aliphatic rings. The fourth-order valence-corrected chi connectivity index (χ4v) is 1.10. The quantitative estimate of drug-likeness (QED) is 0.252. The largest absolute Gasteiger partial charge is 0.464 e. The Balaban J connectivity index is 4.18. The number of nitrogens with two attached hydrogens (primary N) is 1. The van der Waals surface area contributed by atoms with Gasteiger partial charge in [0.15, 0.2) is 11.9 Å². The molecule has 8 heteroatoms. The van der Waals surface area contributed by atoms with Gasteiger partial charge in [-0.1, -0.05) is 0 Å². The third kappa shape index (κ3) is 6.64. The lowest BCUT2D eigenvalue weighted by Crippen LogP contribution is -2.34. The number of nitrogens with one attached hydrogen (secondary N) is 2. The van der Waals surface area contributed by atoms with Gasteiger partial charge in [0, 0.05) is 19.9 Å².